The summed E-state index contributed by atoms with van der Waals surface area (Å²) in [4.78, 5) is 12.9. The monoisotopic (exact) mass is 493 g/mol. The molecule has 0 N–H and O–H groups in total. The summed E-state index contributed by atoms with van der Waals surface area (Å²) < 4.78 is 22.1. The van der Waals surface area contributed by atoms with Crippen LogP contribution < -0.4 is 4.74 Å². The van der Waals surface area contributed by atoms with Crippen LogP contribution in [0, 0.1) is 23.6 Å². The Morgan fingerprint density at radius 3 is 2.63 bits per heavy atom. The first-order chi connectivity index (χ1) is 17.0. The third-order valence-corrected chi connectivity index (χ3v) is 8.71. The molecule has 0 unspecified atom stereocenters. The van der Waals surface area contributed by atoms with Crippen molar-refractivity contribution in [2.45, 2.75) is 63.8 Å². The van der Waals surface area contributed by atoms with Gasteiger partial charge in [-0.1, -0.05) is 61.5 Å². The second kappa shape index (κ2) is 10.5. The molecular weight excluding hydrogens is 461 g/mol. The smallest absolute Gasteiger partial charge is 0.192 e. The Bertz CT molecular complexity index is 1180. The lowest BCUT2D eigenvalue weighted by Gasteiger charge is -2.30. The highest BCUT2D eigenvalue weighted by molar-refractivity contribution is 7.99. The molecule has 35 heavy (non-hydrogen) atoms. The van der Waals surface area contributed by atoms with Crippen molar-refractivity contribution in [2.24, 2.45) is 17.8 Å². The van der Waals surface area contributed by atoms with Gasteiger partial charge in [0, 0.05) is 11.6 Å². The molecule has 0 spiro atoms. The Morgan fingerprint density at radius 1 is 1.14 bits per heavy atom. The van der Waals surface area contributed by atoms with Crippen molar-refractivity contribution in [3.05, 3.63) is 71.3 Å². The van der Waals surface area contributed by atoms with Gasteiger partial charge < -0.3 is 4.74 Å². The van der Waals surface area contributed by atoms with Crippen LogP contribution >= 0.6 is 11.8 Å². The van der Waals surface area contributed by atoms with Crippen molar-refractivity contribution >= 4 is 17.5 Å². The lowest BCUT2D eigenvalue weighted by Crippen LogP contribution is -2.24. The van der Waals surface area contributed by atoms with E-state index in [1.165, 1.54) is 49.1 Å². The fourth-order valence-corrected chi connectivity index (χ4v) is 6.77. The largest absolute Gasteiger partial charge is 0.483 e. The van der Waals surface area contributed by atoms with Crippen molar-refractivity contribution < 1.29 is 13.9 Å². The molecule has 0 aliphatic heterocycles. The number of halogens is 1. The second-order valence-corrected chi connectivity index (χ2v) is 10.8. The lowest BCUT2D eigenvalue weighted by atomic mass is 9.84. The topological polar surface area (TPSA) is 57.0 Å². The molecule has 2 bridgehead atoms. The first-order valence-corrected chi connectivity index (χ1v) is 13.6. The number of Topliss-reactive ketones (excluding diaryl/α,β-unsaturated/α-hetero) is 1. The van der Waals surface area contributed by atoms with Gasteiger partial charge in [0.15, 0.2) is 28.3 Å². The molecule has 0 amide bonds. The first-order valence-electron chi connectivity index (χ1n) is 12.6. The van der Waals surface area contributed by atoms with Gasteiger partial charge >= 0.3 is 0 Å². The minimum atomic E-state index is -0.394. The van der Waals surface area contributed by atoms with E-state index in [1.807, 2.05) is 24.3 Å². The van der Waals surface area contributed by atoms with E-state index in [2.05, 4.69) is 28.6 Å². The highest BCUT2D eigenvalue weighted by atomic mass is 32.2. The maximum absolute atomic E-state index is 14.1. The summed E-state index contributed by atoms with van der Waals surface area (Å²) in [5, 5.41) is 9.60. The molecule has 2 aromatic carbocycles. The van der Waals surface area contributed by atoms with Crippen LogP contribution in [0.4, 0.5) is 4.39 Å². The fourth-order valence-electron chi connectivity index (χ4n) is 5.83. The van der Waals surface area contributed by atoms with Gasteiger partial charge in [0.1, 0.15) is 6.61 Å². The highest BCUT2D eigenvalue weighted by Crippen LogP contribution is 2.52. The summed E-state index contributed by atoms with van der Waals surface area (Å²) in [5.74, 6) is 2.97. The molecule has 0 saturated heterocycles. The van der Waals surface area contributed by atoms with Gasteiger partial charge in [0.05, 0.1) is 5.75 Å². The highest BCUT2D eigenvalue weighted by Gasteiger charge is 2.43. The Balaban J connectivity index is 1.35. The molecule has 2 fully saturated rings. The number of nitrogens with zero attached hydrogens (tertiary/aromatic N) is 3. The molecule has 2 aliphatic rings. The minimum Gasteiger partial charge on any atom is -0.483 e. The van der Waals surface area contributed by atoms with Gasteiger partial charge in [0.25, 0.3) is 0 Å². The minimum absolute atomic E-state index is 0.0731. The van der Waals surface area contributed by atoms with E-state index in [4.69, 9.17) is 4.74 Å². The number of ketones is 1. The van der Waals surface area contributed by atoms with Crippen LogP contribution in [-0.2, 0) is 13.0 Å². The van der Waals surface area contributed by atoms with E-state index in [0.29, 0.717) is 23.1 Å². The van der Waals surface area contributed by atoms with Gasteiger partial charge in [0.2, 0.25) is 0 Å². The molecule has 2 aliphatic carbocycles. The molecule has 184 valence electrons. The number of rotatable bonds is 10. The van der Waals surface area contributed by atoms with Gasteiger partial charge in [-0.15, -0.1) is 10.2 Å². The van der Waals surface area contributed by atoms with Crippen molar-refractivity contribution in [2.75, 3.05) is 5.75 Å². The summed E-state index contributed by atoms with van der Waals surface area (Å²) in [5.41, 5.74) is 1.93. The molecule has 1 aromatic heterocycles. The normalized spacial score (nSPS) is 21.9. The quantitative estimate of drug-likeness (QED) is 0.237. The second-order valence-electron chi connectivity index (χ2n) is 9.83. The van der Waals surface area contributed by atoms with Crippen LogP contribution in [0.5, 0.6) is 5.75 Å². The predicted octanol–water partition coefficient (Wildman–Crippen LogP) is 6.53. The van der Waals surface area contributed by atoms with Crippen LogP contribution in [0.25, 0.3) is 0 Å². The van der Waals surface area contributed by atoms with Crippen LogP contribution in [-0.4, -0.2) is 26.3 Å². The number of aromatic nitrogens is 3. The number of thioether (sulfide) groups is 1. The van der Waals surface area contributed by atoms with E-state index >= 15 is 0 Å². The van der Waals surface area contributed by atoms with Gasteiger partial charge in [-0.05, 0) is 68.1 Å². The number of fused-ring (bicyclic) bond motifs is 2. The number of ether oxygens (including phenoxy) is 1. The predicted molar refractivity (Wildman–Crippen MR) is 135 cm³/mol. The molecule has 2 saturated carbocycles. The number of aryl methyl sites for hydroxylation is 1. The van der Waals surface area contributed by atoms with E-state index in [0.717, 1.165) is 23.4 Å². The number of para-hydroxylation sites is 1. The molecule has 7 heteroatoms. The van der Waals surface area contributed by atoms with Crippen molar-refractivity contribution in [3.63, 3.8) is 0 Å². The zero-order valence-electron chi connectivity index (χ0n) is 20.3. The van der Waals surface area contributed by atoms with Crippen LogP contribution in [0.3, 0.4) is 0 Å². The van der Waals surface area contributed by atoms with Gasteiger partial charge in [-0.2, -0.15) is 0 Å². The zero-order chi connectivity index (χ0) is 24.4. The lowest BCUT2D eigenvalue weighted by molar-refractivity contribution is 0.102. The van der Waals surface area contributed by atoms with Crippen molar-refractivity contribution in [3.8, 4) is 5.75 Å². The molecule has 0 radical (unpaired) electrons. The number of benzene rings is 2. The SMILES string of the molecule is CCc1ccc(C(=O)CSc2nnc(COc3ccccc3F)n2[C@@H](C)[C@@H]2C[C@H]3CC[C@H]2C3)cc1. The number of hydrogen-bond donors (Lipinski definition) is 0. The Kier molecular flexibility index (Phi) is 7.23. The van der Waals surface area contributed by atoms with Crippen molar-refractivity contribution in [1.29, 1.82) is 0 Å². The molecule has 5 nitrogen and oxygen atoms in total. The standard InChI is InChI=1S/C28H32FN3O2S/c1-3-19-8-11-21(12-9-19)25(33)17-35-28-31-30-27(16-34-26-7-5-4-6-24(26)29)32(28)18(2)23-15-20-10-13-22(23)14-20/h4-9,11-12,18,20,22-23H,3,10,13-17H2,1-2H3/t18-,20-,22-,23-/m0/s1. The molecular formula is C28H32FN3O2S. The summed E-state index contributed by atoms with van der Waals surface area (Å²) in [7, 11) is 0. The molecule has 5 rings (SSSR count). The zero-order valence-corrected chi connectivity index (χ0v) is 21.1. The van der Waals surface area contributed by atoms with Gasteiger partial charge in [-0.25, -0.2) is 4.39 Å². The first kappa shape index (κ1) is 24.0. The van der Waals surface area contributed by atoms with E-state index < -0.39 is 5.82 Å². The maximum Gasteiger partial charge on any atom is 0.192 e. The number of hydrogen-bond acceptors (Lipinski definition) is 5. The average molecular weight is 494 g/mol. The number of carbonyl (C=O) groups excluding carboxylic acids is 1. The van der Waals surface area contributed by atoms with Crippen LogP contribution in [0.1, 0.15) is 67.3 Å². The third-order valence-electron chi connectivity index (χ3n) is 7.76. The van der Waals surface area contributed by atoms with Gasteiger partial charge in [-0.3, -0.25) is 9.36 Å². The van der Waals surface area contributed by atoms with E-state index in [9.17, 15) is 9.18 Å². The Hall–Kier alpha value is -2.67. The van der Waals surface area contributed by atoms with Crippen molar-refractivity contribution in [1.82, 2.24) is 14.8 Å². The number of carbonyl (C=O) groups is 1. The molecule has 4 atom stereocenters. The van der Waals surface area contributed by atoms with E-state index in [1.54, 1.807) is 18.2 Å². The average Bonchev–Trinajstić information content (AvgIpc) is 3.62. The van der Waals surface area contributed by atoms with Crippen LogP contribution in [0.2, 0.25) is 0 Å². The summed E-state index contributed by atoms with van der Waals surface area (Å²) >= 11 is 1.42. The summed E-state index contributed by atoms with van der Waals surface area (Å²) in [6, 6.07) is 14.4. The fraction of sp³-hybridized carbons (Fsp3) is 0.464. The Labute approximate surface area is 210 Å². The summed E-state index contributed by atoms with van der Waals surface area (Å²) in [6.07, 6.45) is 6.12. The van der Waals surface area contributed by atoms with Crippen LogP contribution in [0.15, 0.2) is 53.7 Å². The maximum atomic E-state index is 14.1. The third kappa shape index (κ3) is 5.15. The summed E-state index contributed by atoms with van der Waals surface area (Å²) in [6.45, 7) is 4.47. The molecule has 3 aromatic rings. The Morgan fingerprint density at radius 2 is 1.94 bits per heavy atom. The molecule has 1 heterocycles. The van der Waals surface area contributed by atoms with E-state index in [-0.39, 0.29) is 24.2 Å².